The molecule has 1 saturated heterocycles. The van der Waals surface area contributed by atoms with Gasteiger partial charge in [0.25, 0.3) is 11.1 Å². The Bertz CT molecular complexity index is 1360. The molecular formula is C27H22BrCl2NO5S. The molecule has 0 saturated carbocycles. The highest BCUT2D eigenvalue weighted by Gasteiger charge is 2.35. The summed E-state index contributed by atoms with van der Waals surface area (Å²) in [6, 6.07) is 16.2. The molecule has 0 spiro atoms. The van der Waals surface area contributed by atoms with Gasteiger partial charge in [-0.05, 0) is 66.7 Å². The highest BCUT2D eigenvalue weighted by Crippen LogP contribution is 2.38. The Labute approximate surface area is 237 Å². The number of nitrogens with zero attached hydrogens (tertiary/aromatic N) is 1. The van der Waals surface area contributed by atoms with E-state index in [0.29, 0.717) is 42.2 Å². The standard InChI is InChI=1S/C27H22BrCl2NO5S/c1-16-3-7-20(8-4-16)35-10-9-31-26(32)25(37-27(31)33)12-18-11-23(34-2)24(14-21(18)28)36-15-17-5-6-19(29)13-22(17)30/h3-8,11-14H,9-10,15H2,1-2H3/b25-12-. The van der Waals surface area contributed by atoms with Crippen LogP contribution in [0.4, 0.5) is 4.79 Å². The van der Waals surface area contributed by atoms with Gasteiger partial charge in [-0.15, -0.1) is 0 Å². The van der Waals surface area contributed by atoms with E-state index in [0.717, 1.165) is 22.9 Å². The maximum Gasteiger partial charge on any atom is 0.293 e. The summed E-state index contributed by atoms with van der Waals surface area (Å²) in [6.07, 6.45) is 1.65. The number of methoxy groups -OCH3 is 1. The quantitative estimate of drug-likeness (QED) is 0.227. The monoisotopic (exact) mass is 621 g/mol. The lowest BCUT2D eigenvalue weighted by Crippen LogP contribution is -2.32. The lowest BCUT2D eigenvalue weighted by molar-refractivity contribution is -0.123. The van der Waals surface area contributed by atoms with Gasteiger partial charge < -0.3 is 14.2 Å². The number of carbonyl (C=O) groups is 2. The molecule has 1 aliphatic heterocycles. The topological polar surface area (TPSA) is 65.1 Å². The lowest BCUT2D eigenvalue weighted by atomic mass is 10.1. The highest BCUT2D eigenvalue weighted by atomic mass is 79.9. The second kappa shape index (κ2) is 12.3. The highest BCUT2D eigenvalue weighted by molar-refractivity contribution is 9.10. The average molecular weight is 623 g/mol. The third-order valence-electron chi connectivity index (χ3n) is 5.45. The molecule has 37 heavy (non-hydrogen) atoms. The zero-order chi connectivity index (χ0) is 26.5. The van der Waals surface area contributed by atoms with Crippen LogP contribution in [0.2, 0.25) is 10.0 Å². The van der Waals surface area contributed by atoms with Gasteiger partial charge in [0, 0.05) is 20.1 Å². The number of hydrogen-bond donors (Lipinski definition) is 0. The molecule has 1 aliphatic rings. The van der Waals surface area contributed by atoms with Gasteiger partial charge in [0.2, 0.25) is 0 Å². The summed E-state index contributed by atoms with van der Waals surface area (Å²) in [5, 5.41) is 0.704. The normalized spacial score (nSPS) is 14.4. The molecule has 4 rings (SSSR count). The molecule has 0 bridgehead atoms. The Morgan fingerprint density at radius 2 is 1.76 bits per heavy atom. The van der Waals surface area contributed by atoms with E-state index >= 15 is 0 Å². The van der Waals surface area contributed by atoms with E-state index in [1.807, 2.05) is 31.2 Å². The fourth-order valence-corrected chi connectivity index (χ4v) is 5.21. The van der Waals surface area contributed by atoms with Gasteiger partial charge in [0.1, 0.15) is 19.0 Å². The third kappa shape index (κ3) is 6.82. The number of amides is 2. The Morgan fingerprint density at radius 3 is 2.46 bits per heavy atom. The van der Waals surface area contributed by atoms with Gasteiger partial charge >= 0.3 is 0 Å². The molecule has 0 radical (unpaired) electrons. The van der Waals surface area contributed by atoms with Gasteiger partial charge in [-0.2, -0.15) is 0 Å². The number of aryl methyl sites for hydroxylation is 1. The molecular weight excluding hydrogens is 601 g/mol. The van der Waals surface area contributed by atoms with Gasteiger partial charge in [-0.1, -0.05) is 62.9 Å². The van der Waals surface area contributed by atoms with Crippen molar-refractivity contribution in [3.8, 4) is 17.2 Å². The number of imide groups is 1. The molecule has 3 aromatic carbocycles. The molecule has 0 N–H and O–H groups in total. The van der Waals surface area contributed by atoms with Crippen molar-refractivity contribution in [2.24, 2.45) is 0 Å². The molecule has 0 aromatic heterocycles. The zero-order valence-electron chi connectivity index (χ0n) is 19.9. The SMILES string of the molecule is COc1cc(/C=C2\SC(=O)N(CCOc3ccc(C)cc3)C2=O)c(Br)cc1OCc1ccc(Cl)cc1Cl. The fourth-order valence-electron chi connectivity index (χ4n) is 3.45. The van der Waals surface area contributed by atoms with Crippen molar-refractivity contribution < 1.29 is 23.8 Å². The predicted molar refractivity (Wildman–Crippen MR) is 151 cm³/mol. The summed E-state index contributed by atoms with van der Waals surface area (Å²) in [6.45, 7) is 2.56. The molecule has 192 valence electrons. The van der Waals surface area contributed by atoms with Gasteiger partial charge in [0.15, 0.2) is 11.5 Å². The van der Waals surface area contributed by atoms with Crippen molar-refractivity contribution in [3.63, 3.8) is 0 Å². The molecule has 6 nitrogen and oxygen atoms in total. The molecule has 3 aromatic rings. The van der Waals surface area contributed by atoms with Crippen LogP contribution in [0.3, 0.4) is 0 Å². The van der Waals surface area contributed by atoms with Crippen LogP contribution in [0, 0.1) is 6.92 Å². The maximum absolute atomic E-state index is 12.9. The number of thioether (sulfide) groups is 1. The molecule has 1 heterocycles. The zero-order valence-corrected chi connectivity index (χ0v) is 23.8. The van der Waals surface area contributed by atoms with E-state index < -0.39 is 0 Å². The van der Waals surface area contributed by atoms with E-state index in [2.05, 4.69) is 15.9 Å². The Hall–Kier alpha value is -2.65. The minimum Gasteiger partial charge on any atom is -0.493 e. The summed E-state index contributed by atoms with van der Waals surface area (Å²) in [5.74, 6) is 1.26. The van der Waals surface area contributed by atoms with E-state index in [-0.39, 0.29) is 30.9 Å². The first-order chi connectivity index (χ1) is 17.7. The van der Waals surface area contributed by atoms with Crippen molar-refractivity contribution in [1.29, 1.82) is 0 Å². The van der Waals surface area contributed by atoms with Crippen LogP contribution < -0.4 is 14.2 Å². The molecule has 1 fully saturated rings. The van der Waals surface area contributed by atoms with Gasteiger partial charge in [0.05, 0.1) is 18.6 Å². The number of ether oxygens (including phenoxy) is 3. The number of hydrogen-bond acceptors (Lipinski definition) is 6. The van der Waals surface area contributed by atoms with Crippen LogP contribution in [0.1, 0.15) is 16.7 Å². The minimum absolute atomic E-state index is 0.153. The second-order valence-corrected chi connectivity index (χ2v) is 10.7. The molecule has 0 unspecified atom stereocenters. The second-order valence-electron chi connectivity index (χ2n) is 8.04. The first kappa shape index (κ1) is 27.4. The Balaban J connectivity index is 1.44. The van der Waals surface area contributed by atoms with E-state index in [1.165, 1.54) is 12.0 Å². The van der Waals surface area contributed by atoms with Crippen LogP contribution in [0.25, 0.3) is 6.08 Å². The van der Waals surface area contributed by atoms with E-state index in [9.17, 15) is 9.59 Å². The van der Waals surface area contributed by atoms with Gasteiger partial charge in [-0.3, -0.25) is 14.5 Å². The maximum atomic E-state index is 12.9. The lowest BCUT2D eigenvalue weighted by Gasteiger charge is -2.14. The number of rotatable bonds is 9. The summed E-state index contributed by atoms with van der Waals surface area (Å²) in [5.41, 5.74) is 2.56. The predicted octanol–water partition coefficient (Wildman–Crippen LogP) is 7.77. The number of benzene rings is 3. The van der Waals surface area contributed by atoms with E-state index in [4.69, 9.17) is 37.4 Å². The van der Waals surface area contributed by atoms with E-state index in [1.54, 1.807) is 36.4 Å². The van der Waals surface area contributed by atoms with Crippen LogP contribution in [-0.4, -0.2) is 36.3 Å². The van der Waals surface area contributed by atoms with Crippen molar-refractivity contribution in [2.75, 3.05) is 20.3 Å². The third-order valence-corrected chi connectivity index (χ3v) is 7.63. The summed E-state index contributed by atoms with van der Waals surface area (Å²) in [4.78, 5) is 26.9. The average Bonchev–Trinajstić information content (AvgIpc) is 3.13. The van der Waals surface area contributed by atoms with Crippen molar-refractivity contribution in [3.05, 3.63) is 90.7 Å². The summed E-state index contributed by atoms with van der Waals surface area (Å²) >= 11 is 16.6. The molecule has 0 atom stereocenters. The molecule has 2 amide bonds. The smallest absolute Gasteiger partial charge is 0.293 e. The summed E-state index contributed by atoms with van der Waals surface area (Å²) in [7, 11) is 1.52. The number of carbonyl (C=O) groups excluding carboxylic acids is 2. The van der Waals surface area contributed by atoms with Crippen LogP contribution >= 0.6 is 50.9 Å². The van der Waals surface area contributed by atoms with Gasteiger partial charge in [-0.25, -0.2) is 0 Å². The van der Waals surface area contributed by atoms with Crippen molar-refractivity contribution in [1.82, 2.24) is 4.90 Å². The first-order valence-electron chi connectivity index (χ1n) is 11.1. The Morgan fingerprint density at radius 1 is 1.00 bits per heavy atom. The first-order valence-corrected chi connectivity index (χ1v) is 13.5. The van der Waals surface area contributed by atoms with Crippen LogP contribution in [-0.2, 0) is 11.4 Å². The largest absolute Gasteiger partial charge is 0.493 e. The van der Waals surface area contributed by atoms with Crippen molar-refractivity contribution in [2.45, 2.75) is 13.5 Å². The minimum atomic E-state index is -0.369. The fraction of sp³-hybridized carbons (Fsp3) is 0.185. The van der Waals surface area contributed by atoms with Crippen molar-refractivity contribution >= 4 is 68.1 Å². The van der Waals surface area contributed by atoms with Crippen LogP contribution in [0.15, 0.2) is 64.0 Å². The number of halogens is 3. The molecule has 0 aliphatic carbocycles. The Kier molecular flexibility index (Phi) is 9.08. The van der Waals surface area contributed by atoms with Crippen LogP contribution in [0.5, 0.6) is 17.2 Å². The molecule has 10 heteroatoms. The summed E-state index contributed by atoms with van der Waals surface area (Å²) < 4.78 is 17.8.